The highest BCUT2D eigenvalue weighted by atomic mass is 16.5. The first-order valence-corrected chi connectivity index (χ1v) is 10.2. The fraction of sp³-hybridized carbons (Fsp3) is 0.950. The van der Waals surface area contributed by atoms with Crippen molar-refractivity contribution in [3.05, 3.63) is 0 Å². The van der Waals surface area contributed by atoms with Gasteiger partial charge in [-0.05, 0) is 32.1 Å². The van der Waals surface area contributed by atoms with E-state index in [2.05, 4.69) is 6.92 Å². The summed E-state index contributed by atoms with van der Waals surface area (Å²) in [4.78, 5) is 11.2. The predicted octanol–water partition coefficient (Wildman–Crippen LogP) is 3.73. The second-order valence-electron chi connectivity index (χ2n) is 6.98. The van der Waals surface area contributed by atoms with E-state index >= 15 is 0 Å². The molecule has 0 spiro atoms. The second kappa shape index (κ2) is 18.2. The van der Waals surface area contributed by atoms with Crippen LogP contribution in [-0.4, -0.2) is 46.7 Å². The summed E-state index contributed by atoms with van der Waals surface area (Å²) in [5.74, 6) is -0.240. The van der Waals surface area contributed by atoms with Gasteiger partial charge in [-0.3, -0.25) is 4.79 Å². The highest BCUT2D eigenvalue weighted by Gasteiger charge is 2.06. The van der Waals surface area contributed by atoms with Crippen LogP contribution in [0.5, 0.6) is 0 Å². The Bertz CT molecular complexity index is 296. The molecule has 0 aromatic heterocycles. The summed E-state index contributed by atoms with van der Waals surface area (Å²) in [7, 11) is 0. The van der Waals surface area contributed by atoms with Gasteiger partial charge < -0.3 is 20.1 Å². The molecule has 5 heteroatoms. The molecule has 0 aliphatic rings. The zero-order chi connectivity index (χ0) is 18.8. The van der Waals surface area contributed by atoms with Crippen molar-refractivity contribution in [2.75, 3.05) is 13.2 Å². The number of hydrogen-bond donors (Lipinski definition) is 3. The number of aliphatic hydroxyl groups excluding tert-OH is 3. The van der Waals surface area contributed by atoms with Crippen molar-refractivity contribution in [2.45, 2.75) is 109 Å². The highest BCUT2D eigenvalue weighted by Crippen LogP contribution is 2.14. The average molecular weight is 361 g/mol. The van der Waals surface area contributed by atoms with Gasteiger partial charge in [0.25, 0.3) is 0 Å². The number of ether oxygens (including phenoxy) is 1. The van der Waals surface area contributed by atoms with E-state index in [-0.39, 0.29) is 31.4 Å². The molecule has 0 rings (SSSR count). The van der Waals surface area contributed by atoms with Gasteiger partial charge in [0.05, 0.1) is 18.8 Å². The molecule has 0 fully saturated rings. The summed E-state index contributed by atoms with van der Waals surface area (Å²) >= 11 is 0. The summed E-state index contributed by atoms with van der Waals surface area (Å²) < 4.78 is 4.79. The van der Waals surface area contributed by atoms with E-state index in [9.17, 15) is 15.0 Å². The Labute approximate surface area is 153 Å². The smallest absolute Gasteiger partial charge is 0.305 e. The van der Waals surface area contributed by atoms with Crippen molar-refractivity contribution in [3.8, 4) is 0 Å². The normalized spacial score (nSPS) is 13.6. The number of hydrogen-bond acceptors (Lipinski definition) is 5. The van der Waals surface area contributed by atoms with Gasteiger partial charge in [-0.1, -0.05) is 58.3 Å². The minimum atomic E-state index is -0.240. The standard InChI is InChI=1S/C20H40O5/c1-2-11-18(22)12-7-3-4-8-13-19(23)14-9-5-6-10-15-20(24)25-17-16-21/h18-19,21-23H,2-17H2,1H3. The van der Waals surface area contributed by atoms with Gasteiger partial charge in [-0.15, -0.1) is 0 Å². The van der Waals surface area contributed by atoms with Gasteiger partial charge in [0.1, 0.15) is 6.61 Å². The molecule has 0 radical (unpaired) electrons. The fourth-order valence-corrected chi connectivity index (χ4v) is 2.97. The molecule has 25 heavy (non-hydrogen) atoms. The Balaban J connectivity index is 3.30. The molecule has 0 aliphatic heterocycles. The van der Waals surface area contributed by atoms with Crippen LogP contribution in [0, 0.1) is 0 Å². The minimum Gasteiger partial charge on any atom is -0.463 e. The minimum absolute atomic E-state index is 0.0876. The van der Waals surface area contributed by atoms with Crippen LogP contribution < -0.4 is 0 Å². The quantitative estimate of drug-likeness (QED) is 0.256. The average Bonchev–Trinajstić information content (AvgIpc) is 2.59. The molecule has 0 saturated heterocycles. The summed E-state index contributed by atoms with van der Waals surface area (Å²) in [6, 6.07) is 0. The van der Waals surface area contributed by atoms with Gasteiger partial charge in [-0.25, -0.2) is 0 Å². The molecule has 2 atom stereocenters. The molecule has 0 saturated carbocycles. The number of carbonyl (C=O) groups is 1. The summed E-state index contributed by atoms with van der Waals surface area (Å²) in [6.07, 6.45) is 12.8. The van der Waals surface area contributed by atoms with Crippen molar-refractivity contribution >= 4 is 5.97 Å². The van der Waals surface area contributed by atoms with Crippen LogP contribution in [0.15, 0.2) is 0 Å². The van der Waals surface area contributed by atoms with Crippen molar-refractivity contribution in [1.29, 1.82) is 0 Å². The van der Waals surface area contributed by atoms with E-state index in [0.29, 0.717) is 6.42 Å². The molecular weight excluding hydrogens is 320 g/mol. The first-order valence-electron chi connectivity index (χ1n) is 10.2. The zero-order valence-corrected chi connectivity index (χ0v) is 16.1. The SMILES string of the molecule is CCCC(O)CCCCCCC(O)CCCCCCC(=O)OCCO. The highest BCUT2D eigenvalue weighted by molar-refractivity contribution is 5.69. The van der Waals surface area contributed by atoms with Gasteiger partial charge in [0, 0.05) is 6.42 Å². The lowest BCUT2D eigenvalue weighted by molar-refractivity contribution is -0.144. The summed E-state index contributed by atoms with van der Waals surface area (Å²) in [6.45, 7) is 2.06. The van der Waals surface area contributed by atoms with E-state index in [1.807, 2.05) is 0 Å². The fourth-order valence-electron chi connectivity index (χ4n) is 2.97. The monoisotopic (exact) mass is 360 g/mol. The lowest BCUT2D eigenvalue weighted by atomic mass is 10.0. The van der Waals surface area contributed by atoms with E-state index in [1.165, 1.54) is 0 Å². The van der Waals surface area contributed by atoms with Crippen LogP contribution in [0.3, 0.4) is 0 Å². The molecule has 0 aromatic rings. The first kappa shape index (κ1) is 24.4. The number of esters is 1. The van der Waals surface area contributed by atoms with Crippen LogP contribution in [0.2, 0.25) is 0 Å². The Kier molecular flexibility index (Phi) is 17.7. The Morgan fingerprint density at radius 2 is 1.28 bits per heavy atom. The lowest BCUT2D eigenvalue weighted by Crippen LogP contribution is -2.08. The topological polar surface area (TPSA) is 87.0 Å². The molecule has 0 aromatic carbocycles. The third kappa shape index (κ3) is 18.0. The summed E-state index contributed by atoms with van der Waals surface area (Å²) in [5, 5.41) is 28.2. The molecular formula is C20H40O5. The van der Waals surface area contributed by atoms with Crippen molar-refractivity contribution in [2.24, 2.45) is 0 Å². The zero-order valence-electron chi connectivity index (χ0n) is 16.1. The molecule has 5 nitrogen and oxygen atoms in total. The molecule has 0 bridgehead atoms. The first-order chi connectivity index (χ1) is 12.1. The van der Waals surface area contributed by atoms with E-state index in [4.69, 9.17) is 9.84 Å². The van der Waals surface area contributed by atoms with Crippen LogP contribution >= 0.6 is 0 Å². The number of unbranched alkanes of at least 4 members (excludes halogenated alkanes) is 6. The summed E-state index contributed by atoms with van der Waals surface area (Å²) in [5.41, 5.74) is 0. The maximum absolute atomic E-state index is 11.2. The van der Waals surface area contributed by atoms with Crippen LogP contribution in [0.25, 0.3) is 0 Å². The molecule has 0 heterocycles. The molecule has 0 amide bonds. The molecule has 2 unspecified atom stereocenters. The van der Waals surface area contributed by atoms with Crippen LogP contribution in [0.4, 0.5) is 0 Å². The maximum Gasteiger partial charge on any atom is 0.305 e. The van der Waals surface area contributed by atoms with E-state index in [0.717, 1.165) is 83.5 Å². The van der Waals surface area contributed by atoms with E-state index in [1.54, 1.807) is 0 Å². The Morgan fingerprint density at radius 3 is 1.76 bits per heavy atom. The third-order valence-electron chi connectivity index (χ3n) is 4.47. The molecule has 3 N–H and O–H groups in total. The maximum atomic E-state index is 11.2. The number of carbonyl (C=O) groups excluding carboxylic acids is 1. The van der Waals surface area contributed by atoms with Crippen molar-refractivity contribution in [3.63, 3.8) is 0 Å². The Morgan fingerprint density at radius 1 is 0.800 bits per heavy atom. The number of aliphatic hydroxyl groups is 3. The van der Waals surface area contributed by atoms with Gasteiger partial charge in [-0.2, -0.15) is 0 Å². The largest absolute Gasteiger partial charge is 0.463 e. The second-order valence-corrected chi connectivity index (χ2v) is 6.98. The Hall–Kier alpha value is -0.650. The molecule has 0 aliphatic carbocycles. The number of rotatable bonds is 18. The lowest BCUT2D eigenvalue weighted by Gasteiger charge is -2.11. The molecule has 150 valence electrons. The van der Waals surface area contributed by atoms with Crippen molar-refractivity contribution in [1.82, 2.24) is 0 Å². The van der Waals surface area contributed by atoms with Crippen LogP contribution in [0.1, 0.15) is 96.8 Å². The van der Waals surface area contributed by atoms with Gasteiger partial charge in [0.15, 0.2) is 0 Å². The third-order valence-corrected chi connectivity index (χ3v) is 4.47. The predicted molar refractivity (Wildman–Crippen MR) is 100 cm³/mol. The van der Waals surface area contributed by atoms with Gasteiger partial charge >= 0.3 is 5.97 Å². The van der Waals surface area contributed by atoms with Crippen molar-refractivity contribution < 1.29 is 24.9 Å². The van der Waals surface area contributed by atoms with Crippen LogP contribution in [-0.2, 0) is 9.53 Å². The van der Waals surface area contributed by atoms with E-state index < -0.39 is 0 Å². The van der Waals surface area contributed by atoms with Gasteiger partial charge in [0.2, 0.25) is 0 Å².